The number of urea groups is 1. The predicted octanol–water partition coefficient (Wildman–Crippen LogP) is 1.75. The molecule has 170 valence electrons. The predicted molar refractivity (Wildman–Crippen MR) is 117 cm³/mol. The minimum Gasteiger partial charge on any atom is -0.378 e. The van der Waals surface area contributed by atoms with Crippen molar-refractivity contribution in [3.05, 3.63) is 35.9 Å². The number of rotatable bonds is 7. The van der Waals surface area contributed by atoms with Gasteiger partial charge in [-0.15, -0.1) is 0 Å². The van der Waals surface area contributed by atoms with Crippen LogP contribution in [0.3, 0.4) is 0 Å². The van der Waals surface area contributed by atoms with Gasteiger partial charge in [-0.3, -0.25) is 9.59 Å². The molecule has 1 aromatic rings. The number of hydrogen-bond donors (Lipinski definition) is 2. The van der Waals surface area contributed by atoms with Gasteiger partial charge in [-0.05, 0) is 30.7 Å². The van der Waals surface area contributed by atoms with E-state index in [9.17, 15) is 14.4 Å². The van der Waals surface area contributed by atoms with Crippen molar-refractivity contribution in [1.82, 2.24) is 20.4 Å². The first-order valence-corrected chi connectivity index (χ1v) is 11.2. The van der Waals surface area contributed by atoms with Gasteiger partial charge in [0.2, 0.25) is 11.8 Å². The lowest BCUT2D eigenvalue weighted by atomic mass is 10.0. The summed E-state index contributed by atoms with van der Waals surface area (Å²) >= 11 is 0. The molecule has 3 rings (SSSR count). The van der Waals surface area contributed by atoms with E-state index in [1.807, 2.05) is 44.2 Å². The molecule has 2 atom stereocenters. The molecule has 2 aliphatic rings. The van der Waals surface area contributed by atoms with Crippen molar-refractivity contribution in [2.24, 2.45) is 5.92 Å². The number of benzene rings is 1. The Hall–Kier alpha value is -2.61. The smallest absolute Gasteiger partial charge is 0.318 e. The lowest BCUT2D eigenvalue weighted by molar-refractivity contribution is -0.140. The Morgan fingerprint density at radius 2 is 1.81 bits per heavy atom. The number of morpholine rings is 1. The molecule has 0 saturated carbocycles. The van der Waals surface area contributed by atoms with Crippen LogP contribution in [0.1, 0.15) is 38.7 Å². The van der Waals surface area contributed by atoms with Gasteiger partial charge < -0.3 is 25.2 Å². The summed E-state index contributed by atoms with van der Waals surface area (Å²) in [4.78, 5) is 42.2. The van der Waals surface area contributed by atoms with Crippen molar-refractivity contribution in [2.45, 2.75) is 51.7 Å². The third kappa shape index (κ3) is 6.43. The maximum Gasteiger partial charge on any atom is 0.318 e. The highest BCUT2D eigenvalue weighted by atomic mass is 16.5. The van der Waals surface area contributed by atoms with Crippen LogP contribution in [0.15, 0.2) is 30.3 Å². The molecule has 2 heterocycles. The zero-order chi connectivity index (χ0) is 22.2. The molecular formula is C23H34N4O4. The number of nitrogens with zero attached hydrogens (tertiary/aromatic N) is 2. The zero-order valence-corrected chi connectivity index (χ0v) is 18.5. The van der Waals surface area contributed by atoms with Crippen LogP contribution in [0.2, 0.25) is 0 Å². The molecule has 2 fully saturated rings. The molecule has 0 spiro atoms. The van der Waals surface area contributed by atoms with Crippen LogP contribution in [0.25, 0.3) is 0 Å². The number of carbonyl (C=O) groups is 3. The molecule has 31 heavy (non-hydrogen) atoms. The Labute approximate surface area is 184 Å². The van der Waals surface area contributed by atoms with Gasteiger partial charge in [0.1, 0.15) is 12.1 Å². The summed E-state index contributed by atoms with van der Waals surface area (Å²) < 4.78 is 5.30. The molecule has 4 amide bonds. The Morgan fingerprint density at radius 1 is 1.10 bits per heavy atom. The van der Waals surface area contributed by atoms with Crippen molar-refractivity contribution in [2.75, 3.05) is 32.8 Å². The Balaban J connectivity index is 1.62. The van der Waals surface area contributed by atoms with Crippen LogP contribution in [-0.2, 0) is 20.9 Å². The van der Waals surface area contributed by atoms with Gasteiger partial charge >= 0.3 is 6.03 Å². The first-order chi connectivity index (χ1) is 15.0. The zero-order valence-electron chi connectivity index (χ0n) is 18.5. The van der Waals surface area contributed by atoms with Crippen LogP contribution in [0.5, 0.6) is 0 Å². The van der Waals surface area contributed by atoms with E-state index in [2.05, 4.69) is 10.6 Å². The minimum absolute atomic E-state index is 0.141. The number of carbonyl (C=O) groups excluding carboxylic acids is 3. The highest BCUT2D eigenvalue weighted by molar-refractivity contribution is 5.92. The monoisotopic (exact) mass is 430 g/mol. The lowest BCUT2D eigenvalue weighted by Crippen LogP contribution is -2.56. The fourth-order valence-corrected chi connectivity index (χ4v) is 4.11. The average molecular weight is 431 g/mol. The maximum atomic E-state index is 13.4. The maximum absolute atomic E-state index is 13.4. The van der Waals surface area contributed by atoms with E-state index in [4.69, 9.17) is 4.74 Å². The summed E-state index contributed by atoms with van der Waals surface area (Å²) in [6.07, 6.45) is 1.95. The molecule has 0 aliphatic carbocycles. The molecule has 2 saturated heterocycles. The van der Waals surface area contributed by atoms with Crippen molar-refractivity contribution >= 4 is 17.8 Å². The Morgan fingerprint density at radius 3 is 2.48 bits per heavy atom. The quantitative estimate of drug-likeness (QED) is 0.690. The summed E-state index contributed by atoms with van der Waals surface area (Å²) in [5, 5.41) is 5.88. The molecule has 0 radical (unpaired) electrons. The van der Waals surface area contributed by atoms with Gasteiger partial charge in [-0.25, -0.2) is 4.79 Å². The van der Waals surface area contributed by atoms with E-state index < -0.39 is 12.1 Å². The number of likely N-dealkylation sites (tertiary alicyclic amines) is 1. The number of amides is 4. The van der Waals surface area contributed by atoms with Crippen LogP contribution in [0.4, 0.5) is 4.79 Å². The molecule has 0 bridgehead atoms. The van der Waals surface area contributed by atoms with Gasteiger partial charge in [0, 0.05) is 26.2 Å². The van der Waals surface area contributed by atoms with Gasteiger partial charge in [0.25, 0.3) is 0 Å². The van der Waals surface area contributed by atoms with E-state index in [0.29, 0.717) is 52.2 Å². The number of ether oxygens (including phenoxy) is 1. The average Bonchev–Trinajstić information content (AvgIpc) is 3.27. The standard InChI is InChI=1S/C23H34N4O4/c1-17(2)15-19(25-23(30)26-11-13-31-14-12-26)22(29)27-10-6-9-20(27)21(28)24-16-18-7-4-3-5-8-18/h3-5,7-8,17,19-20H,6,9-16H2,1-2H3,(H,24,28)(H,25,30)/t19-,20-/m0/s1. The van der Waals surface area contributed by atoms with Gasteiger partial charge in [0.05, 0.1) is 13.2 Å². The molecule has 8 heteroatoms. The molecule has 0 aromatic heterocycles. The van der Waals surface area contributed by atoms with Crippen molar-refractivity contribution in [3.8, 4) is 0 Å². The minimum atomic E-state index is -0.641. The van der Waals surface area contributed by atoms with E-state index in [-0.39, 0.29) is 23.8 Å². The highest BCUT2D eigenvalue weighted by Gasteiger charge is 2.38. The van der Waals surface area contributed by atoms with Gasteiger partial charge in [-0.1, -0.05) is 44.2 Å². The summed E-state index contributed by atoms with van der Waals surface area (Å²) in [6.45, 7) is 7.05. The molecule has 1 aromatic carbocycles. The number of hydrogen-bond acceptors (Lipinski definition) is 4. The van der Waals surface area contributed by atoms with Crippen LogP contribution in [-0.4, -0.2) is 72.6 Å². The third-order valence-electron chi connectivity index (χ3n) is 5.75. The second kappa shape index (κ2) is 11.1. The molecule has 2 N–H and O–H groups in total. The molecule has 8 nitrogen and oxygen atoms in total. The summed E-state index contributed by atoms with van der Waals surface area (Å²) in [7, 11) is 0. The van der Waals surface area contributed by atoms with E-state index >= 15 is 0 Å². The fraction of sp³-hybridized carbons (Fsp3) is 0.609. The SMILES string of the molecule is CC(C)C[C@H](NC(=O)N1CCOCC1)C(=O)N1CCC[C@H]1C(=O)NCc1ccccc1. The van der Waals surface area contributed by atoms with E-state index in [1.54, 1.807) is 9.80 Å². The largest absolute Gasteiger partial charge is 0.378 e. The summed E-state index contributed by atoms with van der Waals surface area (Å²) in [6, 6.07) is 8.33. The second-order valence-electron chi connectivity index (χ2n) is 8.62. The molecule has 0 unspecified atom stereocenters. The van der Waals surface area contributed by atoms with E-state index in [0.717, 1.165) is 12.0 Å². The van der Waals surface area contributed by atoms with E-state index in [1.165, 1.54) is 0 Å². The highest BCUT2D eigenvalue weighted by Crippen LogP contribution is 2.21. The normalized spacial score (nSPS) is 19.9. The van der Waals surface area contributed by atoms with Crippen molar-refractivity contribution < 1.29 is 19.1 Å². The summed E-state index contributed by atoms with van der Waals surface area (Å²) in [5.41, 5.74) is 1.02. The van der Waals surface area contributed by atoms with Crippen LogP contribution >= 0.6 is 0 Å². The second-order valence-corrected chi connectivity index (χ2v) is 8.62. The molecule has 2 aliphatic heterocycles. The van der Waals surface area contributed by atoms with Crippen LogP contribution in [0, 0.1) is 5.92 Å². The lowest BCUT2D eigenvalue weighted by Gasteiger charge is -2.32. The van der Waals surface area contributed by atoms with Gasteiger partial charge in [-0.2, -0.15) is 0 Å². The first kappa shape index (κ1) is 23.1. The van der Waals surface area contributed by atoms with Gasteiger partial charge in [0.15, 0.2) is 0 Å². The van der Waals surface area contributed by atoms with Crippen molar-refractivity contribution in [3.63, 3.8) is 0 Å². The van der Waals surface area contributed by atoms with Crippen LogP contribution < -0.4 is 10.6 Å². The molecular weight excluding hydrogens is 396 g/mol. The first-order valence-electron chi connectivity index (χ1n) is 11.2. The Bertz CT molecular complexity index is 749. The topological polar surface area (TPSA) is 91.0 Å². The van der Waals surface area contributed by atoms with Crippen molar-refractivity contribution in [1.29, 1.82) is 0 Å². The fourth-order valence-electron chi connectivity index (χ4n) is 4.11. The Kier molecular flexibility index (Phi) is 8.28. The summed E-state index contributed by atoms with van der Waals surface area (Å²) in [5.74, 6) is -0.0860. The third-order valence-corrected chi connectivity index (χ3v) is 5.75. The number of nitrogens with one attached hydrogen (secondary N) is 2.